The second kappa shape index (κ2) is 7.07. The summed E-state index contributed by atoms with van der Waals surface area (Å²) in [4.78, 5) is 7.74. The number of halogens is 2. The number of hydrogen-bond donors (Lipinski definition) is 1. The standard InChI is InChI=1S/C23H16ClFN4O/c1-12-8-21(23-29-28-13(2)30-23)26-11-16(12)14-6-7-19-15(9-14)10-20(27-19)22-17(24)4-3-5-18(22)25/h3-11,27H,1-2H3. The summed E-state index contributed by atoms with van der Waals surface area (Å²) in [7, 11) is 0. The molecule has 0 aliphatic rings. The van der Waals surface area contributed by atoms with Gasteiger partial charge in [0.05, 0.1) is 16.3 Å². The molecule has 1 N–H and O–H groups in total. The van der Waals surface area contributed by atoms with Crippen molar-refractivity contribution >= 4 is 22.5 Å². The van der Waals surface area contributed by atoms with Crippen molar-refractivity contribution < 1.29 is 8.81 Å². The third-order valence-electron chi connectivity index (χ3n) is 5.02. The number of hydrogen-bond acceptors (Lipinski definition) is 4. The van der Waals surface area contributed by atoms with Gasteiger partial charge in [-0.25, -0.2) is 4.39 Å². The maximum atomic E-state index is 14.3. The molecule has 0 aliphatic carbocycles. The second-order valence-corrected chi connectivity index (χ2v) is 7.50. The monoisotopic (exact) mass is 418 g/mol. The minimum Gasteiger partial charge on any atom is -0.420 e. The number of nitrogens with one attached hydrogen (secondary N) is 1. The van der Waals surface area contributed by atoms with E-state index in [1.807, 2.05) is 37.3 Å². The summed E-state index contributed by atoms with van der Waals surface area (Å²) in [5.41, 5.74) is 5.57. The first-order valence-corrected chi connectivity index (χ1v) is 9.72. The molecule has 0 atom stereocenters. The Bertz CT molecular complexity index is 1390. The zero-order valence-corrected chi connectivity index (χ0v) is 17.0. The molecular formula is C23H16ClFN4O. The highest BCUT2D eigenvalue weighted by atomic mass is 35.5. The van der Waals surface area contributed by atoms with E-state index in [2.05, 4.69) is 20.2 Å². The molecule has 0 fully saturated rings. The van der Waals surface area contributed by atoms with Crippen LogP contribution in [0.4, 0.5) is 4.39 Å². The van der Waals surface area contributed by atoms with E-state index in [1.54, 1.807) is 25.3 Å². The molecule has 3 aromatic heterocycles. The Balaban J connectivity index is 1.56. The Morgan fingerprint density at radius 1 is 1.03 bits per heavy atom. The smallest absolute Gasteiger partial charge is 0.266 e. The Morgan fingerprint density at radius 2 is 1.90 bits per heavy atom. The fourth-order valence-electron chi connectivity index (χ4n) is 3.57. The molecule has 0 spiro atoms. The van der Waals surface area contributed by atoms with Crippen LogP contribution < -0.4 is 0 Å². The summed E-state index contributed by atoms with van der Waals surface area (Å²) in [6.07, 6.45) is 1.80. The lowest BCUT2D eigenvalue weighted by molar-refractivity contribution is 0.531. The van der Waals surface area contributed by atoms with Gasteiger partial charge in [-0.3, -0.25) is 4.98 Å². The Labute approximate surface area is 176 Å². The lowest BCUT2D eigenvalue weighted by atomic mass is 10.0. The molecule has 148 valence electrons. The number of aryl methyl sites for hydroxylation is 2. The number of rotatable bonds is 3. The molecule has 5 rings (SSSR count). The van der Waals surface area contributed by atoms with Crippen molar-refractivity contribution in [2.45, 2.75) is 13.8 Å². The van der Waals surface area contributed by atoms with Gasteiger partial charge in [0, 0.05) is 29.6 Å². The molecule has 5 nitrogen and oxygen atoms in total. The number of benzene rings is 2. The second-order valence-electron chi connectivity index (χ2n) is 7.09. The number of H-pyrrole nitrogens is 1. The van der Waals surface area contributed by atoms with Crippen LogP contribution in [-0.4, -0.2) is 20.2 Å². The zero-order chi connectivity index (χ0) is 20.8. The van der Waals surface area contributed by atoms with Crippen LogP contribution in [0.2, 0.25) is 5.02 Å². The highest BCUT2D eigenvalue weighted by Gasteiger charge is 2.14. The van der Waals surface area contributed by atoms with E-state index in [0.717, 1.165) is 27.6 Å². The first-order valence-electron chi connectivity index (χ1n) is 9.34. The molecule has 0 aliphatic heterocycles. The van der Waals surface area contributed by atoms with Gasteiger partial charge >= 0.3 is 0 Å². The van der Waals surface area contributed by atoms with Crippen molar-refractivity contribution in [2.24, 2.45) is 0 Å². The van der Waals surface area contributed by atoms with Crippen molar-refractivity contribution in [1.29, 1.82) is 0 Å². The minimum atomic E-state index is -0.360. The van der Waals surface area contributed by atoms with E-state index >= 15 is 0 Å². The van der Waals surface area contributed by atoms with Gasteiger partial charge in [-0.05, 0) is 54.4 Å². The third kappa shape index (κ3) is 3.15. The summed E-state index contributed by atoms with van der Waals surface area (Å²) in [5.74, 6) is 0.535. The molecule has 3 heterocycles. The predicted molar refractivity (Wildman–Crippen MR) is 115 cm³/mol. The van der Waals surface area contributed by atoms with Gasteiger partial charge in [-0.15, -0.1) is 10.2 Å². The SMILES string of the molecule is Cc1nnc(-c2cc(C)c(-c3ccc4[nH]c(-c5c(F)cccc5Cl)cc4c3)cn2)o1. The lowest BCUT2D eigenvalue weighted by Gasteiger charge is -2.07. The first kappa shape index (κ1) is 18.5. The number of pyridine rings is 1. The van der Waals surface area contributed by atoms with Crippen LogP contribution >= 0.6 is 11.6 Å². The number of nitrogens with zero attached hydrogens (tertiary/aromatic N) is 3. The van der Waals surface area contributed by atoms with Gasteiger partial charge in [0.15, 0.2) is 0 Å². The topological polar surface area (TPSA) is 67.6 Å². The van der Waals surface area contributed by atoms with Gasteiger partial charge < -0.3 is 9.40 Å². The third-order valence-corrected chi connectivity index (χ3v) is 5.33. The van der Waals surface area contributed by atoms with E-state index in [4.69, 9.17) is 16.0 Å². The molecule has 0 saturated heterocycles. The Hall–Kier alpha value is -3.51. The van der Waals surface area contributed by atoms with Crippen molar-refractivity contribution in [3.05, 3.63) is 77.0 Å². The van der Waals surface area contributed by atoms with Crippen molar-refractivity contribution in [2.75, 3.05) is 0 Å². The molecule has 0 bridgehead atoms. The molecule has 0 unspecified atom stereocenters. The molecule has 0 saturated carbocycles. The zero-order valence-electron chi connectivity index (χ0n) is 16.2. The fraction of sp³-hybridized carbons (Fsp3) is 0.0870. The number of aromatic nitrogens is 4. The lowest BCUT2D eigenvalue weighted by Crippen LogP contribution is -1.90. The fourth-order valence-corrected chi connectivity index (χ4v) is 3.83. The van der Waals surface area contributed by atoms with Crippen molar-refractivity contribution in [3.8, 4) is 34.0 Å². The number of aromatic amines is 1. The van der Waals surface area contributed by atoms with Gasteiger partial charge in [-0.2, -0.15) is 0 Å². The average Bonchev–Trinajstić information content (AvgIpc) is 3.33. The van der Waals surface area contributed by atoms with E-state index in [0.29, 0.717) is 33.8 Å². The molecule has 5 aromatic rings. The van der Waals surface area contributed by atoms with Crippen LogP contribution in [0.25, 0.3) is 44.9 Å². The van der Waals surface area contributed by atoms with Gasteiger partial charge in [0.1, 0.15) is 11.5 Å². The Kier molecular flexibility index (Phi) is 4.37. The molecule has 7 heteroatoms. The summed E-state index contributed by atoms with van der Waals surface area (Å²) in [6.45, 7) is 3.75. The van der Waals surface area contributed by atoms with E-state index < -0.39 is 0 Å². The first-order chi connectivity index (χ1) is 14.5. The van der Waals surface area contributed by atoms with Gasteiger partial charge in [-0.1, -0.05) is 23.7 Å². The van der Waals surface area contributed by atoms with E-state index in [1.165, 1.54) is 6.07 Å². The van der Waals surface area contributed by atoms with Crippen molar-refractivity contribution in [3.63, 3.8) is 0 Å². The quantitative estimate of drug-likeness (QED) is 0.370. The van der Waals surface area contributed by atoms with Crippen LogP contribution in [0.15, 0.2) is 59.1 Å². The summed E-state index contributed by atoms with van der Waals surface area (Å²) >= 11 is 6.22. The summed E-state index contributed by atoms with van der Waals surface area (Å²) in [5, 5.41) is 9.20. The van der Waals surface area contributed by atoms with E-state index in [-0.39, 0.29) is 5.82 Å². The van der Waals surface area contributed by atoms with Crippen LogP contribution in [-0.2, 0) is 0 Å². The number of fused-ring (bicyclic) bond motifs is 1. The minimum absolute atomic E-state index is 0.360. The highest BCUT2D eigenvalue weighted by molar-refractivity contribution is 6.33. The molecule has 0 radical (unpaired) electrons. The largest absolute Gasteiger partial charge is 0.420 e. The predicted octanol–water partition coefficient (Wildman–Crippen LogP) is 6.36. The van der Waals surface area contributed by atoms with Crippen LogP contribution in [0.1, 0.15) is 11.5 Å². The average molecular weight is 419 g/mol. The highest BCUT2D eigenvalue weighted by Crippen LogP contribution is 2.34. The molecule has 30 heavy (non-hydrogen) atoms. The molecule has 2 aromatic carbocycles. The van der Waals surface area contributed by atoms with Gasteiger partial charge in [0.25, 0.3) is 5.89 Å². The normalized spacial score (nSPS) is 11.3. The van der Waals surface area contributed by atoms with Crippen LogP contribution in [0.5, 0.6) is 0 Å². The maximum Gasteiger partial charge on any atom is 0.266 e. The summed E-state index contributed by atoms with van der Waals surface area (Å²) < 4.78 is 19.8. The van der Waals surface area contributed by atoms with Crippen LogP contribution in [0, 0.1) is 19.7 Å². The maximum absolute atomic E-state index is 14.3. The summed E-state index contributed by atoms with van der Waals surface area (Å²) in [6, 6.07) is 14.5. The van der Waals surface area contributed by atoms with Crippen molar-refractivity contribution in [1.82, 2.24) is 20.2 Å². The molecule has 0 amide bonds. The van der Waals surface area contributed by atoms with Crippen LogP contribution in [0.3, 0.4) is 0 Å². The Morgan fingerprint density at radius 3 is 2.63 bits per heavy atom. The molecular weight excluding hydrogens is 403 g/mol. The van der Waals surface area contributed by atoms with Gasteiger partial charge in [0.2, 0.25) is 5.89 Å². The van der Waals surface area contributed by atoms with E-state index in [9.17, 15) is 4.39 Å².